The third kappa shape index (κ3) is 7.47. The number of benzene rings is 8. The molecule has 2 aliphatic heterocycles. The summed E-state index contributed by atoms with van der Waals surface area (Å²) in [6.45, 7) is 27.6. The maximum atomic E-state index is 6.66. The molecule has 8 aromatic carbocycles. The van der Waals surface area contributed by atoms with Crippen molar-refractivity contribution < 1.29 is 4.42 Å². The smallest absolute Gasteiger partial charge is 0.264 e. The van der Waals surface area contributed by atoms with E-state index < -0.39 is 0 Å². The maximum absolute atomic E-state index is 6.66. The van der Waals surface area contributed by atoms with Crippen LogP contribution in [0.1, 0.15) is 105 Å². The quantitative estimate of drug-likeness (QED) is 0.160. The lowest BCUT2D eigenvalue weighted by Crippen LogP contribution is -2.60. The number of hydrogen-bond donors (Lipinski definition) is 0. The second-order valence-corrected chi connectivity index (χ2v) is 25.4. The van der Waals surface area contributed by atoms with Gasteiger partial charge in [0.15, 0.2) is 0 Å². The number of rotatable bonds is 5. The van der Waals surface area contributed by atoms with Gasteiger partial charge in [0.05, 0.1) is 16.8 Å². The van der Waals surface area contributed by atoms with Gasteiger partial charge in [0.25, 0.3) is 6.71 Å². The summed E-state index contributed by atoms with van der Waals surface area (Å²) in [4.78, 5) is 7.58. The van der Waals surface area contributed by atoms with Crippen molar-refractivity contribution in [2.45, 2.75) is 105 Å². The summed E-state index contributed by atoms with van der Waals surface area (Å²) in [7, 11) is 0. The van der Waals surface area contributed by atoms with Crippen molar-refractivity contribution >= 4 is 117 Å². The summed E-state index contributed by atoms with van der Waals surface area (Å²) in [5, 5.41) is 3.52. The third-order valence-electron chi connectivity index (χ3n) is 15.3. The van der Waals surface area contributed by atoms with E-state index in [1.54, 1.807) is 0 Å². The van der Waals surface area contributed by atoms with Crippen LogP contribution in [0.2, 0.25) is 0 Å². The van der Waals surface area contributed by atoms with Gasteiger partial charge >= 0.3 is 0 Å². The van der Waals surface area contributed by atoms with E-state index in [9.17, 15) is 0 Å². The Labute approximate surface area is 430 Å². The monoisotopic (exact) mass is 957 g/mol. The molecule has 2 aromatic heterocycles. The highest BCUT2D eigenvalue weighted by Gasteiger charge is 2.46. The zero-order chi connectivity index (χ0) is 50.2. The molecule has 0 spiro atoms. The second kappa shape index (κ2) is 16.2. The first-order valence-electron chi connectivity index (χ1n) is 25.7. The molecule has 2 aliphatic rings. The first-order chi connectivity index (χ1) is 34.2. The Hall–Kier alpha value is -7.02. The van der Waals surface area contributed by atoms with Crippen LogP contribution < -0.4 is 30.4 Å². The molecule has 0 bridgehead atoms. The summed E-state index contributed by atoms with van der Waals surface area (Å²) < 4.78 is 9.33. The Kier molecular flexibility index (Phi) is 10.4. The van der Waals surface area contributed by atoms with Crippen molar-refractivity contribution in [3.05, 3.63) is 192 Å². The van der Waals surface area contributed by atoms with Crippen molar-refractivity contribution in [2.75, 3.05) is 14.7 Å². The number of anilines is 9. The Morgan fingerprint density at radius 3 is 1.56 bits per heavy atom. The van der Waals surface area contributed by atoms with Crippen molar-refractivity contribution in [3.63, 3.8) is 0 Å². The molecule has 10 aromatic rings. The van der Waals surface area contributed by atoms with Crippen LogP contribution in [0.3, 0.4) is 0 Å². The van der Waals surface area contributed by atoms with Gasteiger partial charge in [-0.2, -0.15) is 0 Å². The van der Waals surface area contributed by atoms with Crippen LogP contribution in [0.15, 0.2) is 174 Å². The van der Waals surface area contributed by atoms with Crippen LogP contribution in [-0.2, 0) is 21.7 Å². The summed E-state index contributed by atoms with van der Waals surface area (Å²) in [6.07, 6.45) is 0. The fourth-order valence-corrected chi connectivity index (χ4v) is 12.6. The number of hydrogen-bond acceptors (Lipinski definition) is 5. The highest BCUT2D eigenvalue weighted by molar-refractivity contribution is 7.33. The van der Waals surface area contributed by atoms with Crippen molar-refractivity contribution in [2.24, 2.45) is 0 Å². The Balaban J connectivity index is 1.16. The molecule has 6 heteroatoms. The number of thiophene rings is 1. The van der Waals surface area contributed by atoms with E-state index >= 15 is 0 Å². The van der Waals surface area contributed by atoms with Gasteiger partial charge in [-0.3, -0.25) is 0 Å². The molecule has 0 atom stereocenters. The molecular weight excluding hydrogens is 894 g/mol. The van der Waals surface area contributed by atoms with Crippen LogP contribution >= 0.6 is 11.3 Å². The minimum absolute atomic E-state index is 0.0133. The highest BCUT2D eigenvalue weighted by atomic mass is 32.1. The van der Waals surface area contributed by atoms with Gasteiger partial charge in [0, 0.05) is 60.1 Å². The Bertz CT molecular complexity index is 3680. The number of nitrogens with zero attached hydrogens (tertiary/aromatic N) is 3. The van der Waals surface area contributed by atoms with Crippen molar-refractivity contribution in [1.82, 2.24) is 0 Å². The van der Waals surface area contributed by atoms with Crippen LogP contribution in [0.4, 0.5) is 51.2 Å². The van der Waals surface area contributed by atoms with Gasteiger partial charge in [-0.15, -0.1) is 11.3 Å². The third-order valence-corrected chi connectivity index (χ3v) is 16.5. The van der Waals surface area contributed by atoms with E-state index in [1.807, 2.05) is 11.3 Å². The van der Waals surface area contributed by atoms with Crippen LogP contribution in [0.5, 0.6) is 0 Å². The minimum atomic E-state index is -0.0297. The average Bonchev–Trinajstić information content (AvgIpc) is 3.92. The molecule has 0 saturated carbocycles. The lowest BCUT2D eigenvalue weighted by molar-refractivity contribution is 0.590. The summed E-state index contributed by atoms with van der Waals surface area (Å²) >= 11 is 1.96. The number of furan rings is 1. The molecule has 0 unspecified atom stereocenters. The normalized spacial score (nSPS) is 13.8. The average molecular weight is 958 g/mol. The van der Waals surface area contributed by atoms with Gasteiger partial charge in [-0.25, -0.2) is 0 Å². The van der Waals surface area contributed by atoms with Crippen molar-refractivity contribution in [3.8, 4) is 0 Å². The number of para-hydroxylation sites is 1. The molecule has 0 fully saturated rings. The number of fused-ring (bicyclic) bond motifs is 9. The van der Waals surface area contributed by atoms with E-state index in [1.165, 1.54) is 65.1 Å². The molecule has 358 valence electrons. The first kappa shape index (κ1) is 46.1. The SMILES string of the molecule is CC(C)(C)c1ccc(N(c2ccc(C(C)(C)C)cc2)c2ccc3c(c2)N(c2cccc4oc5ccccc5c24)c2cccc4c2B3c2sc3ccc(C(C)(C)C)cc3c2N4c2ccc(C(C)(C)C)cc2)cc1. The summed E-state index contributed by atoms with van der Waals surface area (Å²) in [6, 6.07) is 64.3. The molecule has 12 rings (SSSR count). The molecule has 4 heterocycles. The van der Waals surface area contributed by atoms with Crippen LogP contribution in [-0.4, -0.2) is 6.71 Å². The van der Waals surface area contributed by atoms with Crippen molar-refractivity contribution in [1.29, 1.82) is 0 Å². The predicted molar refractivity (Wildman–Crippen MR) is 313 cm³/mol. The fourth-order valence-electron chi connectivity index (χ4n) is 11.3. The lowest BCUT2D eigenvalue weighted by Gasteiger charge is -2.43. The molecule has 0 amide bonds. The Morgan fingerprint density at radius 2 is 0.944 bits per heavy atom. The lowest BCUT2D eigenvalue weighted by atomic mass is 9.36. The Morgan fingerprint density at radius 1 is 0.431 bits per heavy atom. The first-order valence-corrected chi connectivity index (χ1v) is 26.5. The van der Waals surface area contributed by atoms with Gasteiger partial charge in [0.1, 0.15) is 11.2 Å². The zero-order valence-corrected chi connectivity index (χ0v) is 44.7. The summed E-state index contributed by atoms with van der Waals surface area (Å²) in [5.74, 6) is 0. The molecular formula is C66H64BN3OS. The molecule has 0 radical (unpaired) electrons. The molecule has 0 saturated heterocycles. The predicted octanol–water partition coefficient (Wildman–Crippen LogP) is 17.5. The largest absolute Gasteiger partial charge is 0.456 e. The van der Waals surface area contributed by atoms with Gasteiger partial charge in [-0.1, -0.05) is 162 Å². The second-order valence-electron chi connectivity index (χ2n) is 24.3. The highest BCUT2D eigenvalue weighted by Crippen LogP contribution is 2.51. The van der Waals surface area contributed by atoms with Gasteiger partial charge < -0.3 is 19.1 Å². The zero-order valence-electron chi connectivity index (χ0n) is 43.9. The van der Waals surface area contributed by atoms with Gasteiger partial charge in [0.2, 0.25) is 0 Å². The van der Waals surface area contributed by atoms with E-state index in [0.29, 0.717) is 0 Å². The van der Waals surface area contributed by atoms with E-state index in [-0.39, 0.29) is 28.4 Å². The fraction of sp³-hybridized carbons (Fsp3) is 0.242. The summed E-state index contributed by atoms with van der Waals surface area (Å²) in [5.41, 5.74) is 20.1. The van der Waals surface area contributed by atoms with Crippen LogP contribution in [0, 0.1) is 0 Å². The van der Waals surface area contributed by atoms with E-state index in [2.05, 4.69) is 268 Å². The topological polar surface area (TPSA) is 22.9 Å². The molecule has 0 aliphatic carbocycles. The molecule has 4 nitrogen and oxygen atoms in total. The van der Waals surface area contributed by atoms with E-state index in [4.69, 9.17) is 4.42 Å². The maximum Gasteiger partial charge on any atom is 0.264 e. The van der Waals surface area contributed by atoms with Crippen LogP contribution in [0.25, 0.3) is 32.0 Å². The minimum Gasteiger partial charge on any atom is -0.456 e. The van der Waals surface area contributed by atoms with Gasteiger partial charge in [-0.05, 0) is 146 Å². The molecule has 72 heavy (non-hydrogen) atoms. The molecule has 0 N–H and O–H groups in total. The van der Waals surface area contributed by atoms with E-state index in [0.717, 1.165) is 56.1 Å². The standard InChI is InChI=1S/C66H64BN3OS/c1-63(2,3)41-23-30-45(31-24-41)68(46-32-25-42(26-33-46)64(4,5)6)48-36-37-51-55(40-48)70(52-18-16-22-57-59(52)49-17-13-14-21-56(49)71-57)54-20-15-19-53-60(54)67(51)62-61(50-39-44(66(10,11)12)29-38-58(50)72-62)69(53)47-34-27-43(28-35-47)65(7,8)9/h13-40H,1-12H3.